The van der Waals surface area contributed by atoms with E-state index in [1.807, 2.05) is 12.1 Å². The van der Waals surface area contributed by atoms with Crippen molar-refractivity contribution in [1.82, 2.24) is 0 Å². The molecule has 0 heterocycles. The Morgan fingerprint density at radius 1 is 0.867 bits per heavy atom. The van der Waals surface area contributed by atoms with E-state index in [0.29, 0.717) is 23.0 Å². The number of benzene rings is 1. The van der Waals surface area contributed by atoms with Gasteiger partial charge in [0.05, 0.1) is 17.1 Å². The number of anilines is 3. The first-order chi connectivity index (χ1) is 7.18. The topological polar surface area (TPSA) is 78.1 Å². The highest BCUT2D eigenvalue weighted by Gasteiger charge is 2.16. The summed E-state index contributed by atoms with van der Waals surface area (Å²) < 4.78 is 0. The van der Waals surface area contributed by atoms with Crippen molar-refractivity contribution < 1.29 is 0 Å². The molecule has 2 rings (SSSR count). The summed E-state index contributed by atoms with van der Waals surface area (Å²) in [5.74, 6) is 0.629. The molecule has 0 spiro atoms. The van der Waals surface area contributed by atoms with E-state index in [4.69, 9.17) is 17.2 Å². The van der Waals surface area contributed by atoms with Crippen LogP contribution >= 0.6 is 0 Å². The van der Waals surface area contributed by atoms with Gasteiger partial charge in [0.15, 0.2) is 0 Å². The second-order valence-electron chi connectivity index (χ2n) is 4.45. The van der Waals surface area contributed by atoms with Crippen molar-refractivity contribution in [2.24, 2.45) is 0 Å². The molecule has 1 fully saturated rings. The van der Waals surface area contributed by atoms with Crippen LogP contribution in [0.5, 0.6) is 0 Å². The van der Waals surface area contributed by atoms with Gasteiger partial charge in [0.1, 0.15) is 0 Å². The molecule has 0 atom stereocenters. The summed E-state index contributed by atoms with van der Waals surface area (Å²) in [5.41, 5.74) is 20.4. The molecule has 1 aromatic rings. The van der Waals surface area contributed by atoms with Gasteiger partial charge in [0, 0.05) is 0 Å². The molecule has 15 heavy (non-hydrogen) atoms. The van der Waals surface area contributed by atoms with Crippen molar-refractivity contribution in [2.75, 3.05) is 17.2 Å². The monoisotopic (exact) mass is 205 g/mol. The number of rotatable bonds is 1. The minimum atomic E-state index is 0.523. The number of nitrogens with two attached hydrogens (primary N) is 3. The summed E-state index contributed by atoms with van der Waals surface area (Å²) in [4.78, 5) is 0. The standard InChI is InChI=1S/C12H19N3/c13-10-6-9(7-11(14)12(10)15)8-4-2-1-3-5-8/h6-8H,1-5,13-15H2. The highest BCUT2D eigenvalue weighted by Crippen LogP contribution is 2.36. The molecule has 0 saturated heterocycles. The summed E-state index contributed by atoms with van der Waals surface area (Å²) in [7, 11) is 0. The molecule has 3 nitrogen and oxygen atoms in total. The zero-order valence-electron chi connectivity index (χ0n) is 9.00. The van der Waals surface area contributed by atoms with Crippen LogP contribution in [0.25, 0.3) is 0 Å². The van der Waals surface area contributed by atoms with Gasteiger partial charge in [-0.05, 0) is 36.5 Å². The zero-order chi connectivity index (χ0) is 10.8. The van der Waals surface area contributed by atoms with Crippen molar-refractivity contribution in [3.05, 3.63) is 17.7 Å². The van der Waals surface area contributed by atoms with Crippen molar-refractivity contribution in [3.8, 4) is 0 Å². The van der Waals surface area contributed by atoms with Crippen LogP contribution in [0.15, 0.2) is 12.1 Å². The second kappa shape index (κ2) is 4.01. The van der Waals surface area contributed by atoms with E-state index in [2.05, 4.69) is 0 Å². The summed E-state index contributed by atoms with van der Waals surface area (Å²) in [6.07, 6.45) is 6.49. The predicted molar refractivity (Wildman–Crippen MR) is 65.5 cm³/mol. The van der Waals surface area contributed by atoms with E-state index in [1.54, 1.807) is 0 Å². The Morgan fingerprint density at radius 3 is 1.93 bits per heavy atom. The molecule has 1 saturated carbocycles. The molecule has 0 aromatic heterocycles. The molecule has 0 unspecified atom stereocenters. The van der Waals surface area contributed by atoms with Crippen molar-refractivity contribution in [1.29, 1.82) is 0 Å². The lowest BCUT2D eigenvalue weighted by atomic mass is 9.83. The maximum Gasteiger partial charge on any atom is 0.0781 e. The van der Waals surface area contributed by atoms with E-state index in [0.717, 1.165) is 0 Å². The normalized spacial score (nSPS) is 17.9. The summed E-state index contributed by atoms with van der Waals surface area (Å²) in [5, 5.41) is 0. The van der Waals surface area contributed by atoms with Crippen molar-refractivity contribution in [2.45, 2.75) is 38.0 Å². The van der Waals surface area contributed by atoms with Gasteiger partial charge in [0.25, 0.3) is 0 Å². The third-order valence-electron chi connectivity index (χ3n) is 3.34. The first kappa shape index (κ1) is 10.1. The quantitative estimate of drug-likeness (QED) is 0.616. The fourth-order valence-corrected chi connectivity index (χ4v) is 2.39. The Balaban J connectivity index is 2.27. The summed E-state index contributed by atoms with van der Waals surface area (Å²) in [6.45, 7) is 0. The van der Waals surface area contributed by atoms with Crippen molar-refractivity contribution in [3.63, 3.8) is 0 Å². The molecule has 0 amide bonds. The third kappa shape index (κ3) is 2.01. The van der Waals surface area contributed by atoms with Gasteiger partial charge in [0.2, 0.25) is 0 Å². The molecule has 0 bridgehead atoms. The SMILES string of the molecule is Nc1cc(C2CCCCC2)cc(N)c1N. The van der Waals surface area contributed by atoms with Crippen LogP contribution in [0.4, 0.5) is 17.1 Å². The number of nitrogen functional groups attached to an aromatic ring is 3. The number of hydrogen-bond acceptors (Lipinski definition) is 3. The van der Waals surface area contributed by atoms with Crippen LogP contribution in [-0.4, -0.2) is 0 Å². The Morgan fingerprint density at radius 2 is 1.40 bits per heavy atom. The van der Waals surface area contributed by atoms with Crippen LogP contribution in [0.3, 0.4) is 0 Å². The van der Waals surface area contributed by atoms with Gasteiger partial charge in [-0.1, -0.05) is 19.3 Å². The maximum absolute atomic E-state index is 5.82. The molecule has 1 aliphatic rings. The molecule has 82 valence electrons. The van der Waals surface area contributed by atoms with Gasteiger partial charge in [-0.2, -0.15) is 0 Å². The largest absolute Gasteiger partial charge is 0.397 e. The average molecular weight is 205 g/mol. The lowest BCUT2D eigenvalue weighted by Gasteiger charge is -2.23. The fourth-order valence-electron chi connectivity index (χ4n) is 2.39. The van der Waals surface area contributed by atoms with E-state index >= 15 is 0 Å². The lowest BCUT2D eigenvalue weighted by molar-refractivity contribution is 0.444. The van der Waals surface area contributed by atoms with Gasteiger partial charge < -0.3 is 17.2 Å². The molecule has 6 N–H and O–H groups in total. The van der Waals surface area contributed by atoms with E-state index in [1.165, 1.54) is 37.7 Å². The average Bonchev–Trinajstić information content (AvgIpc) is 2.26. The van der Waals surface area contributed by atoms with Gasteiger partial charge in [-0.3, -0.25) is 0 Å². The van der Waals surface area contributed by atoms with Crippen LogP contribution in [0, 0.1) is 0 Å². The Hall–Kier alpha value is -1.38. The van der Waals surface area contributed by atoms with Crippen LogP contribution in [-0.2, 0) is 0 Å². The molecule has 1 aliphatic carbocycles. The van der Waals surface area contributed by atoms with Crippen molar-refractivity contribution >= 4 is 17.1 Å². The smallest absolute Gasteiger partial charge is 0.0781 e. The Bertz CT molecular complexity index is 331. The predicted octanol–water partition coefficient (Wildman–Crippen LogP) is 2.48. The molecular weight excluding hydrogens is 186 g/mol. The first-order valence-corrected chi connectivity index (χ1v) is 5.63. The van der Waals surface area contributed by atoms with E-state index in [-0.39, 0.29) is 0 Å². The Labute approximate surface area is 90.6 Å². The van der Waals surface area contributed by atoms with Crippen LogP contribution < -0.4 is 17.2 Å². The van der Waals surface area contributed by atoms with E-state index in [9.17, 15) is 0 Å². The molecular formula is C12H19N3. The first-order valence-electron chi connectivity index (χ1n) is 5.63. The Kier molecular flexibility index (Phi) is 2.71. The molecule has 1 aromatic carbocycles. The zero-order valence-corrected chi connectivity index (χ0v) is 9.00. The van der Waals surface area contributed by atoms with Gasteiger partial charge >= 0.3 is 0 Å². The lowest BCUT2D eigenvalue weighted by Crippen LogP contribution is -2.07. The summed E-state index contributed by atoms with van der Waals surface area (Å²) >= 11 is 0. The van der Waals surface area contributed by atoms with Gasteiger partial charge in [-0.25, -0.2) is 0 Å². The minimum Gasteiger partial charge on any atom is -0.397 e. The second-order valence-corrected chi connectivity index (χ2v) is 4.45. The summed E-state index contributed by atoms with van der Waals surface area (Å²) in [6, 6.07) is 3.98. The molecule has 0 aliphatic heterocycles. The fraction of sp³-hybridized carbons (Fsp3) is 0.500. The number of hydrogen-bond donors (Lipinski definition) is 3. The highest BCUT2D eigenvalue weighted by atomic mass is 14.7. The van der Waals surface area contributed by atoms with Crippen LogP contribution in [0.2, 0.25) is 0 Å². The molecule has 3 heteroatoms. The van der Waals surface area contributed by atoms with E-state index < -0.39 is 0 Å². The van der Waals surface area contributed by atoms with Crippen LogP contribution in [0.1, 0.15) is 43.6 Å². The highest BCUT2D eigenvalue weighted by molar-refractivity contribution is 5.78. The minimum absolute atomic E-state index is 0.523. The molecule has 0 radical (unpaired) electrons. The maximum atomic E-state index is 5.82. The van der Waals surface area contributed by atoms with Gasteiger partial charge in [-0.15, -0.1) is 0 Å². The third-order valence-corrected chi connectivity index (χ3v) is 3.34.